The first kappa shape index (κ1) is 16.4. The molecular weight excluding hydrogens is 304 g/mol. The van der Waals surface area contributed by atoms with E-state index in [2.05, 4.69) is 20.5 Å². The molecule has 1 aromatic heterocycles. The molecule has 1 amide bonds. The predicted molar refractivity (Wildman–Crippen MR) is 95.0 cm³/mol. The smallest absolute Gasteiger partial charge is 0.250 e. The zero-order valence-electron chi connectivity index (χ0n) is 14.0. The highest BCUT2D eigenvalue weighted by molar-refractivity contribution is 5.93. The molecule has 24 heavy (non-hydrogen) atoms. The van der Waals surface area contributed by atoms with Gasteiger partial charge in [0.2, 0.25) is 5.91 Å². The van der Waals surface area contributed by atoms with Crippen molar-refractivity contribution in [1.82, 2.24) is 9.88 Å². The van der Waals surface area contributed by atoms with E-state index in [1.807, 2.05) is 50.6 Å². The minimum Gasteiger partial charge on any atom is -0.369 e. The number of fused-ring (bicyclic) bond motifs is 1. The van der Waals surface area contributed by atoms with Crippen molar-refractivity contribution in [3.8, 4) is 11.1 Å². The Morgan fingerprint density at radius 2 is 2.04 bits per heavy atom. The molecule has 0 spiro atoms. The van der Waals surface area contributed by atoms with Gasteiger partial charge in [-0.1, -0.05) is 6.07 Å². The van der Waals surface area contributed by atoms with Gasteiger partial charge in [0.05, 0.1) is 6.61 Å². The maximum absolute atomic E-state index is 11.5. The first-order valence-corrected chi connectivity index (χ1v) is 7.97. The average molecular weight is 326 g/mol. The summed E-state index contributed by atoms with van der Waals surface area (Å²) in [6, 6.07) is 9.97. The van der Waals surface area contributed by atoms with Crippen molar-refractivity contribution in [2.75, 3.05) is 44.4 Å². The summed E-state index contributed by atoms with van der Waals surface area (Å²) in [6.07, 6.45) is 1.86. The number of anilines is 2. The molecule has 0 aliphatic carbocycles. The Labute approximate surface area is 141 Å². The number of aromatic nitrogens is 1. The molecule has 126 valence electrons. The lowest BCUT2D eigenvalue weighted by Gasteiger charge is -2.12. The molecule has 0 fully saturated rings. The van der Waals surface area contributed by atoms with Crippen LogP contribution in [0, 0.1) is 0 Å². The van der Waals surface area contributed by atoms with E-state index in [4.69, 9.17) is 4.74 Å². The largest absolute Gasteiger partial charge is 0.369 e. The number of carbonyl (C=O) groups is 1. The molecule has 3 rings (SSSR count). The lowest BCUT2D eigenvalue weighted by Crippen LogP contribution is -2.21. The van der Waals surface area contributed by atoms with E-state index < -0.39 is 0 Å². The van der Waals surface area contributed by atoms with Crippen LogP contribution in [0.15, 0.2) is 36.5 Å². The predicted octanol–water partition coefficient (Wildman–Crippen LogP) is 2.19. The van der Waals surface area contributed by atoms with Gasteiger partial charge in [0, 0.05) is 36.1 Å². The number of nitrogens with zero attached hydrogens (tertiary/aromatic N) is 2. The van der Waals surface area contributed by atoms with Gasteiger partial charge in [-0.25, -0.2) is 4.98 Å². The van der Waals surface area contributed by atoms with Crippen LogP contribution in [0.3, 0.4) is 0 Å². The Morgan fingerprint density at radius 3 is 2.79 bits per heavy atom. The van der Waals surface area contributed by atoms with E-state index in [0.29, 0.717) is 6.61 Å². The van der Waals surface area contributed by atoms with Crippen molar-refractivity contribution >= 4 is 17.4 Å². The van der Waals surface area contributed by atoms with Crippen LogP contribution in [-0.2, 0) is 16.1 Å². The zero-order valence-corrected chi connectivity index (χ0v) is 14.0. The number of hydrogen-bond acceptors (Lipinski definition) is 5. The third kappa shape index (κ3) is 4.10. The van der Waals surface area contributed by atoms with E-state index in [9.17, 15) is 4.79 Å². The minimum atomic E-state index is -0.115. The number of rotatable bonds is 5. The molecular formula is C18H22N4O2. The molecule has 0 bridgehead atoms. The summed E-state index contributed by atoms with van der Waals surface area (Å²) in [5.41, 5.74) is 3.88. The summed E-state index contributed by atoms with van der Waals surface area (Å²) in [4.78, 5) is 18.1. The van der Waals surface area contributed by atoms with E-state index in [0.717, 1.165) is 41.3 Å². The molecule has 1 aliphatic rings. The Kier molecular flexibility index (Phi) is 5.08. The molecule has 2 N–H and O–H groups in total. The minimum absolute atomic E-state index is 0.0961. The van der Waals surface area contributed by atoms with Gasteiger partial charge >= 0.3 is 0 Å². The summed E-state index contributed by atoms with van der Waals surface area (Å²) in [7, 11) is 4.09. The molecule has 1 aliphatic heterocycles. The summed E-state index contributed by atoms with van der Waals surface area (Å²) < 4.78 is 5.37. The second-order valence-corrected chi connectivity index (χ2v) is 6.08. The molecule has 0 radical (unpaired) electrons. The highest BCUT2D eigenvalue weighted by Crippen LogP contribution is 2.27. The SMILES string of the molecule is CN(C)CCNc1ccc(-c2ccc3c(c2)COCC(=O)N3)cn1. The van der Waals surface area contributed by atoms with Crippen LogP contribution in [0.2, 0.25) is 0 Å². The number of ether oxygens (including phenoxy) is 1. The van der Waals surface area contributed by atoms with Gasteiger partial charge in [-0.2, -0.15) is 0 Å². The Morgan fingerprint density at radius 1 is 1.21 bits per heavy atom. The Bertz CT molecular complexity index is 713. The van der Waals surface area contributed by atoms with Gasteiger partial charge in [-0.15, -0.1) is 0 Å². The van der Waals surface area contributed by atoms with Crippen molar-refractivity contribution in [3.63, 3.8) is 0 Å². The quantitative estimate of drug-likeness (QED) is 0.882. The topological polar surface area (TPSA) is 66.5 Å². The van der Waals surface area contributed by atoms with Crippen LogP contribution in [0.5, 0.6) is 0 Å². The lowest BCUT2D eigenvalue weighted by molar-refractivity contribution is -0.120. The number of nitrogens with one attached hydrogen (secondary N) is 2. The molecule has 0 saturated heterocycles. The first-order valence-electron chi connectivity index (χ1n) is 7.97. The van der Waals surface area contributed by atoms with Crippen LogP contribution in [0.1, 0.15) is 5.56 Å². The molecule has 2 aromatic rings. The van der Waals surface area contributed by atoms with Crippen LogP contribution in [0.4, 0.5) is 11.5 Å². The van der Waals surface area contributed by atoms with Crippen molar-refractivity contribution in [2.24, 2.45) is 0 Å². The van der Waals surface area contributed by atoms with Crippen molar-refractivity contribution < 1.29 is 9.53 Å². The fourth-order valence-electron chi connectivity index (χ4n) is 2.53. The maximum atomic E-state index is 11.5. The standard InChI is InChI=1S/C18H22N4O2/c1-22(2)8-7-19-17-6-4-14(10-20-17)13-3-5-16-15(9-13)11-24-12-18(23)21-16/h3-6,9-10H,7-8,11-12H2,1-2H3,(H,19,20)(H,21,23). The molecule has 6 heteroatoms. The van der Waals surface area contributed by atoms with Crippen LogP contribution in [0.25, 0.3) is 11.1 Å². The van der Waals surface area contributed by atoms with Crippen LogP contribution in [-0.4, -0.2) is 49.6 Å². The normalized spacial score (nSPS) is 14.0. The summed E-state index contributed by atoms with van der Waals surface area (Å²) in [5.74, 6) is 0.752. The Hall–Kier alpha value is -2.44. The van der Waals surface area contributed by atoms with E-state index in [1.165, 1.54) is 0 Å². The lowest BCUT2D eigenvalue weighted by atomic mass is 10.0. The average Bonchev–Trinajstić information content (AvgIpc) is 2.75. The molecule has 1 aromatic carbocycles. The summed E-state index contributed by atoms with van der Waals surface area (Å²) in [5, 5.41) is 6.15. The molecule has 0 unspecified atom stereocenters. The third-order valence-corrected chi connectivity index (χ3v) is 3.83. The summed E-state index contributed by atoms with van der Waals surface area (Å²) in [6.45, 7) is 2.34. The number of amides is 1. The molecule has 0 atom stereocenters. The highest BCUT2D eigenvalue weighted by Gasteiger charge is 2.13. The summed E-state index contributed by atoms with van der Waals surface area (Å²) >= 11 is 0. The fourth-order valence-corrected chi connectivity index (χ4v) is 2.53. The van der Waals surface area contributed by atoms with Gasteiger partial charge in [-0.05, 0) is 43.9 Å². The number of carbonyl (C=O) groups excluding carboxylic acids is 1. The van der Waals surface area contributed by atoms with Gasteiger partial charge in [0.1, 0.15) is 12.4 Å². The van der Waals surface area contributed by atoms with E-state index in [1.54, 1.807) is 0 Å². The third-order valence-electron chi connectivity index (χ3n) is 3.83. The van der Waals surface area contributed by atoms with Gasteiger partial charge in [0.25, 0.3) is 0 Å². The van der Waals surface area contributed by atoms with E-state index >= 15 is 0 Å². The number of benzene rings is 1. The van der Waals surface area contributed by atoms with Crippen LogP contribution >= 0.6 is 0 Å². The van der Waals surface area contributed by atoms with E-state index in [-0.39, 0.29) is 12.5 Å². The second-order valence-electron chi connectivity index (χ2n) is 6.08. The number of likely N-dealkylation sites (N-methyl/N-ethyl adjacent to an activating group) is 1. The maximum Gasteiger partial charge on any atom is 0.250 e. The monoisotopic (exact) mass is 326 g/mol. The Balaban J connectivity index is 1.72. The van der Waals surface area contributed by atoms with Gasteiger partial charge in [-0.3, -0.25) is 4.79 Å². The number of hydrogen-bond donors (Lipinski definition) is 2. The zero-order chi connectivity index (χ0) is 16.9. The van der Waals surface area contributed by atoms with Gasteiger partial charge < -0.3 is 20.3 Å². The molecule has 6 nitrogen and oxygen atoms in total. The van der Waals surface area contributed by atoms with Crippen molar-refractivity contribution in [1.29, 1.82) is 0 Å². The van der Waals surface area contributed by atoms with Gasteiger partial charge in [0.15, 0.2) is 0 Å². The number of pyridine rings is 1. The second kappa shape index (κ2) is 7.42. The van der Waals surface area contributed by atoms with Crippen molar-refractivity contribution in [2.45, 2.75) is 6.61 Å². The molecule has 0 saturated carbocycles. The fraction of sp³-hybridized carbons (Fsp3) is 0.333. The molecule has 2 heterocycles. The van der Waals surface area contributed by atoms with Crippen molar-refractivity contribution in [3.05, 3.63) is 42.1 Å². The van der Waals surface area contributed by atoms with Crippen LogP contribution < -0.4 is 10.6 Å². The highest BCUT2D eigenvalue weighted by atomic mass is 16.5. The first-order chi connectivity index (χ1) is 11.6.